The van der Waals surface area contributed by atoms with Gasteiger partial charge >= 0.3 is 18.1 Å². The van der Waals surface area contributed by atoms with E-state index < -0.39 is 23.5 Å². The normalized spacial score (nSPS) is 15.7. The number of halogens is 5. The molecule has 4 nitrogen and oxygen atoms in total. The van der Waals surface area contributed by atoms with Crippen molar-refractivity contribution in [1.82, 2.24) is 4.98 Å². The molecule has 1 heterocycles. The van der Waals surface area contributed by atoms with Crippen molar-refractivity contribution in [1.29, 1.82) is 0 Å². The van der Waals surface area contributed by atoms with Gasteiger partial charge in [0.15, 0.2) is 0 Å². The smallest absolute Gasteiger partial charge is 0.454 e. The number of hydrogen-bond acceptors (Lipinski definition) is 4. The fraction of sp³-hybridized carbons (Fsp3) is 0.400. The van der Waals surface area contributed by atoms with Gasteiger partial charge < -0.3 is 9.47 Å². The zero-order valence-corrected chi connectivity index (χ0v) is 15.6. The van der Waals surface area contributed by atoms with Crippen LogP contribution in [0.3, 0.4) is 0 Å². The van der Waals surface area contributed by atoms with E-state index in [0.29, 0.717) is 5.56 Å². The topological polar surface area (TPSA) is 48.4 Å². The molecule has 1 fully saturated rings. The average molecular weight is 415 g/mol. The van der Waals surface area contributed by atoms with Crippen molar-refractivity contribution in [2.75, 3.05) is 6.61 Å². The van der Waals surface area contributed by atoms with Gasteiger partial charge in [-0.2, -0.15) is 22.0 Å². The standard InChI is InChI=1S/C20H18F5NO3/c1-3-28-17(27)13-4-7-16(26-11-13)29-15-6-5-14(10-12(15)2)18(8-9-18)19(21,22)20(23,24)25/h4-7,10-11H,3,8-9H2,1-2H3. The molecule has 1 aromatic carbocycles. The van der Waals surface area contributed by atoms with Gasteiger partial charge in [-0.15, -0.1) is 0 Å². The summed E-state index contributed by atoms with van der Waals surface area (Å²) in [5.41, 5.74) is -1.68. The summed E-state index contributed by atoms with van der Waals surface area (Å²) in [6.07, 6.45) is -4.83. The van der Waals surface area contributed by atoms with Gasteiger partial charge in [0.2, 0.25) is 5.88 Å². The van der Waals surface area contributed by atoms with E-state index >= 15 is 0 Å². The Hall–Kier alpha value is -2.71. The Morgan fingerprint density at radius 3 is 2.31 bits per heavy atom. The van der Waals surface area contributed by atoms with Gasteiger partial charge in [0.1, 0.15) is 5.75 Å². The molecule has 0 atom stereocenters. The van der Waals surface area contributed by atoms with Crippen LogP contribution in [0.2, 0.25) is 0 Å². The second kappa shape index (κ2) is 7.27. The third-order valence-corrected chi connectivity index (χ3v) is 4.90. The van der Waals surface area contributed by atoms with Crippen LogP contribution < -0.4 is 4.74 Å². The highest BCUT2D eigenvalue weighted by atomic mass is 19.4. The number of rotatable bonds is 6. The summed E-state index contributed by atoms with van der Waals surface area (Å²) in [5, 5.41) is 0. The van der Waals surface area contributed by atoms with Gasteiger partial charge in [0.25, 0.3) is 0 Å². The third-order valence-electron chi connectivity index (χ3n) is 4.90. The van der Waals surface area contributed by atoms with E-state index in [1.165, 1.54) is 36.5 Å². The van der Waals surface area contributed by atoms with Gasteiger partial charge in [0.05, 0.1) is 17.6 Å². The fourth-order valence-electron chi connectivity index (χ4n) is 3.13. The van der Waals surface area contributed by atoms with Crippen LogP contribution >= 0.6 is 0 Å². The van der Waals surface area contributed by atoms with Crippen LogP contribution in [0.15, 0.2) is 36.5 Å². The molecule has 3 rings (SSSR count). The fourth-order valence-corrected chi connectivity index (χ4v) is 3.13. The minimum atomic E-state index is -5.61. The van der Waals surface area contributed by atoms with E-state index in [1.54, 1.807) is 13.8 Å². The Bertz CT molecular complexity index is 905. The summed E-state index contributed by atoms with van der Waals surface area (Å²) < 4.78 is 76.9. The van der Waals surface area contributed by atoms with Crippen LogP contribution in [-0.2, 0) is 10.2 Å². The second-order valence-corrected chi connectivity index (χ2v) is 6.84. The maximum atomic E-state index is 14.0. The molecule has 0 radical (unpaired) electrons. The van der Waals surface area contributed by atoms with Gasteiger partial charge in [-0.1, -0.05) is 12.1 Å². The maximum absolute atomic E-state index is 14.0. The van der Waals surface area contributed by atoms with E-state index in [-0.39, 0.29) is 42.2 Å². The van der Waals surface area contributed by atoms with Gasteiger partial charge in [0, 0.05) is 12.3 Å². The third kappa shape index (κ3) is 3.77. The van der Waals surface area contributed by atoms with Crippen molar-refractivity contribution in [3.05, 3.63) is 53.2 Å². The molecule has 0 saturated heterocycles. The molecule has 9 heteroatoms. The van der Waals surface area contributed by atoms with Crippen LogP contribution in [0.1, 0.15) is 41.3 Å². The molecule has 0 bridgehead atoms. The van der Waals surface area contributed by atoms with Gasteiger partial charge in [-0.05, 0) is 49.9 Å². The molecule has 1 saturated carbocycles. The first-order chi connectivity index (χ1) is 13.5. The molecule has 0 spiro atoms. The van der Waals surface area contributed by atoms with Crippen molar-refractivity contribution in [2.24, 2.45) is 0 Å². The summed E-state index contributed by atoms with van der Waals surface area (Å²) in [4.78, 5) is 15.6. The number of alkyl halides is 5. The Kier molecular flexibility index (Phi) is 5.27. The Morgan fingerprint density at radius 2 is 1.83 bits per heavy atom. The Morgan fingerprint density at radius 1 is 1.14 bits per heavy atom. The zero-order chi connectivity index (χ0) is 21.4. The molecular weight excluding hydrogens is 397 g/mol. The molecule has 1 aliphatic rings. The van der Waals surface area contributed by atoms with E-state index in [9.17, 15) is 26.7 Å². The first-order valence-electron chi connectivity index (χ1n) is 8.88. The van der Waals surface area contributed by atoms with Crippen molar-refractivity contribution >= 4 is 5.97 Å². The van der Waals surface area contributed by atoms with Crippen LogP contribution in [-0.4, -0.2) is 29.7 Å². The first kappa shape index (κ1) is 21.0. The quantitative estimate of drug-likeness (QED) is 0.456. The van der Waals surface area contributed by atoms with Crippen molar-refractivity contribution in [3.63, 3.8) is 0 Å². The van der Waals surface area contributed by atoms with Gasteiger partial charge in [-0.3, -0.25) is 0 Å². The minimum Gasteiger partial charge on any atom is -0.462 e. The summed E-state index contributed by atoms with van der Waals surface area (Å²) in [5.74, 6) is -4.95. The molecule has 0 unspecified atom stereocenters. The average Bonchev–Trinajstić information content (AvgIpc) is 3.45. The first-order valence-corrected chi connectivity index (χ1v) is 8.88. The lowest BCUT2D eigenvalue weighted by Crippen LogP contribution is -2.47. The molecule has 0 N–H and O–H groups in total. The second-order valence-electron chi connectivity index (χ2n) is 6.84. The van der Waals surface area contributed by atoms with E-state index in [4.69, 9.17) is 9.47 Å². The van der Waals surface area contributed by atoms with Crippen LogP contribution in [0.25, 0.3) is 0 Å². The van der Waals surface area contributed by atoms with E-state index in [1.807, 2.05) is 0 Å². The Balaban J connectivity index is 1.80. The number of nitrogens with zero attached hydrogens (tertiary/aromatic N) is 1. The van der Waals surface area contributed by atoms with Crippen LogP contribution in [0, 0.1) is 6.92 Å². The summed E-state index contributed by atoms with van der Waals surface area (Å²) in [6, 6.07) is 6.74. The highest BCUT2D eigenvalue weighted by Gasteiger charge is 2.75. The summed E-state index contributed by atoms with van der Waals surface area (Å²) in [7, 11) is 0. The van der Waals surface area contributed by atoms with Gasteiger partial charge in [-0.25, -0.2) is 9.78 Å². The lowest BCUT2D eigenvalue weighted by atomic mass is 9.87. The number of esters is 1. The molecule has 0 aliphatic heterocycles. The number of pyridine rings is 1. The van der Waals surface area contributed by atoms with E-state index in [2.05, 4.69) is 4.98 Å². The largest absolute Gasteiger partial charge is 0.462 e. The molecule has 156 valence electrons. The number of aryl methyl sites for hydroxylation is 1. The monoisotopic (exact) mass is 415 g/mol. The molecule has 2 aromatic rings. The zero-order valence-electron chi connectivity index (χ0n) is 15.6. The molecule has 1 aromatic heterocycles. The number of carbonyl (C=O) groups excluding carboxylic acids is 1. The number of benzene rings is 1. The number of aromatic nitrogens is 1. The molecular formula is C20H18F5NO3. The summed E-state index contributed by atoms with van der Waals surface area (Å²) in [6.45, 7) is 3.44. The van der Waals surface area contributed by atoms with E-state index in [0.717, 1.165) is 0 Å². The minimum absolute atomic E-state index is 0.0738. The summed E-state index contributed by atoms with van der Waals surface area (Å²) >= 11 is 0. The highest BCUT2D eigenvalue weighted by Crippen LogP contribution is 2.63. The predicted octanol–water partition coefficient (Wildman–Crippen LogP) is 5.59. The Labute approximate surface area is 163 Å². The number of hydrogen-bond donors (Lipinski definition) is 0. The van der Waals surface area contributed by atoms with Crippen molar-refractivity contribution in [2.45, 2.75) is 44.2 Å². The number of ether oxygens (including phenoxy) is 2. The van der Waals surface area contributed by atoms with Crippen LogP contribution in [0.4, 0.5) is 22.0 Å². The van der Waals surface area contributed by atoms with Crippen molar-refractivity contribution < 1.29 is 36.2 Å². The maximum Gasteiger partial charge on any atom is 0.454 e. The molecule has 0 amide bonds. The SMILES string of the molecule is CCOC(=O)c1ccc(Oc2ccc(C3(C(F)(F)C(F)(F)F)CC3)cc2C)nc1. The predicted molar refractivity (Wildman–Crippen MR) is 93.4 cm³/mol. The highest BCUT2D eigenvalue weighted by molar-refractivity contribution is 5.89. The lowest BCUT2D eigenvalue weighted by Gasteiger charge is -2.29. The number of carbonyl (C=O) groups is 1. The molecule has 1 aliphatic carbocycles. The van der Waals surface area contributed by atoms with Crippen molar-refractivity contribution in [3.8, 4) is 11.6 Å². The van der Waals surface area contributed by atoms with Crippen LogP contribution in [0.5, 0.6) is 11.6 Å². The lowest BCUT2D eigenvalue weighted by molar-refractivity contribution is -0.296. The molecule has 29 heavy (non-hydrogen) atoms.